The van der Waals surface area contributed by atoms with Gasteiger partial charge in [0.05, 0.1) is 19.3 Å². The monoisotopic (exact) mass is 358 g/mol. The van der Waals surface area contributed by atoms with Crippen LogP contribution in [0, 0.1) is 0 Å². The molecule has 0 radical (unpaired) electrons. The van der Waals surface area contributed by atoms with E-state index in [1.807, 2.05) is 47.9 Å². The first-order valence-electron chi connectivity index (χ1n) is 8.79. The van der Waals surface area contributed by atoms with Gasteiger partial charge in [-0.3, -0.25) is 9.48 Å². The number of benzene rings is 1. The largest absolute Gasteiger partial charge is 0.493 e. The molecule has 7 nitrogen and oxygen atoms in total. The molecule has 0 bridgehead atoms. The third-order valence-electron chi connectivity index (χ3n) is 4.57. The molecule has 0 fully saturated rings. The summed E-state index contributed by atoms with van der Waals surface area (Å²) in [5.74, 6) is 1.17. The van der Waals surface area contributed by atoms with E-state index in [0.717, 1.165) is 25.2 Å². The molecule has 140 valence electrons. The number of carbonyl (C=O) groups excluding carboxylic acids is 1. The average Bonchev–Trinajstić information content (AvgIpc) is 3.01. The molecule has 1 aromatic carbocycles. The molecular formula is C19H26N4O3. The highest BCUT2D eigenvalue weighted by molar-refractivity contribution is 5.78. The molecule has 1 aliphatic heterocycles. The molecule has 2 aromatic rings. The van der Waals surface area contributed by atoms with Gasteiger partial charge >= 0.3 is 0 Å². The van der Waals surface area contributed by atoms with Crippen molar-refractivity contribution in [1.82, 2.24) is 19.6 Å². The number of ether oxygens (including phenoxy) is 2. The second kappa shape index (κ2) is 8.23. The lowest BCUT2D eigenvalue weighted by Gasteiger charge is -2.31. The first-order valence-corrected chi connectivity index (χ1v) is 8.79. The molecule has 26 heavy (non-hydrogen) atoms. The van der Waals surface area contributed by atoms with Crippen LogP contribution in [-0.4, -0.2) is 65.9 Å². The highest BCUT2D eigenvalue weighted by Crippen LogP contribution is 2.26. The fraction of sp³-hybridized carbons (Fsp3) is 0.474. The van der Waals surface area contributed by atoms with Crippen molar-refractivity contribution in [3.8, 4) is 11.5 Å². The van der Waals surface area contributed by atoms with Gasteiger partial charge < -0.3 is 19.3 Å². The molecule has 0 N–H and O–H groups in total. The second-order valence-electron chi connectivity index (χ2n) is 6.71. The zero-order chi connectivity index (χ0) is 18.5. The molecule has 0 unspecified atom stereocenters. The highest BCUT2D eigenvalue weighted by Gasteiger charge is 2.28. The normalized spacial score (nSPS) is 16.9. The number of hydrogen-bond donors (Lipinski definition) is 0. The van der Waals surface area contributed by atoms with Crippen molar-refractivity contribution in [2.45, 2.75) is 25.6 Å². The van der Waals surface area contributed by atoms with Gasteiger partial charge in [0.2, 0.25) is 0 Å². The van der Waals surface area contributed by atoms with Crippen molar-refractivity contribution >= 4 is 5.91 Å². The lowest BCUT2D eigenvalue weighted by atomic mass is 10.1. The fourth-order valence-electron chi connectivity index (χ4n) is 3.29. The Morgan fingerprint density at radius 2 is 2.04 bits per heavy atom. The summed E-state index contributed by atoms with van der Waals surface area (Å²) in [4.78, 5) is 17.0. The molecule has 3 rings (SSSR count). The number of amides is 1. The number of aromatic nitrogens is 2. The van der Waals surface area contributed by atoms with E-state index in [4.69, 9.17) is 9.47 Å². The Kier molecular flexibility index (Phi) is 5.78. The predicted octanol–water partition coefficient (Wildman–Crippen LogP) is 1.63. The van der Waals surface area contributed by atoms with Gasteiger partial charge in [0.15, 0.2) is 18.1 Å². The Morgan fingerprint density at radius 3 is 2.77 bits per heavy atom. The summed E-state index contributed by atoms with van der Waals surface area (Å²) in [6.45, 7) is 2.16. The first kappa shape index (κ1) is 18.3. The van der Waals surface area contributed by atoms with Crippen molar-refractivity contribution < 1.29 is 14.3 Å². The van der Waals surface area contributed by atoms with Crippen LogP contribution in [0.3, 0.4) is 0 Å². The summed E-state index contributed by atoms with van der Waals surface area (Å²) in [5, 5.41) is 4.36. The van der Waals surface area contributed by atoms with Gasteiger partial charge in [-0.15, -0.1) is 0 Å². The molecule has 0 aliphatic carbocycles. The topological polar surface area (TPSA) is 59.8 Å². The average molecular weight is 358 g/mol. The van der Waals surface area contributed by atoms with E-state index >= 15 is 0 Å². The lowest BCUT2D eigenvalue weighted by molar-refractivity contribution is -0.136. The van der Waals surface area contributed by atoms with Gasteiger partial charge in [0, 0.05) is 25.3 Å². The third kappa shape index (κ3) is 4.16. The molecule has 1 aliphatic rings. The van der Waals surface area contributed by atoms with Crippen molar-refractivity contribution in [2.24, 2.45) is 0 Å². The summed E-state index contributed by atoms with van der Waals surface area (Å²) in [6, 6.07) is 9.46. The van der Waals surface area contributed by atoms with Crippen molar-refractivity contribution in [3.63, 3.8) is 0 Å². The van der Waals surface area contributed by atoms with Gasteiger partial charge in [-0.2, -0.15) is 5.10 Å². The smallest absolute Gasteiger partial charge is 0.261 e. The van der Waals surface area contributed by atoms with E-state index in [9.17, 15) is 4.79 Å². The summed E-state index contributed by atoms with van der Waals surface area (Å²) in [5.41, 5.74) is 1.05. The molecule has 0 saturated carbocycles. The molecule has 0 saturated heterocycles. The number of aryl methyl sites for hydroxylation is 1. The Balaban J connectivity index is 1.73. The van der Waals surface area contributed by atoms with Gasteiger partial charge in [-0.05, 0) is 38.7 Å². The number of fused-ring (bicyclic) bond motifs is 1. The maximum Gasteiger partial charge on any atom is 0.261 e. The summed E-state index contributed by atoms with van der Waals surface area (Å²) < 4.78 is 13.0. The molecule has 0 spiro atoms. The summed E-state index contributed by atoms with van der Waals surface area (Å²) in [6.07, 6.45) is 2.66. The van der Waals surface area contributed by atoms with Gasteiger partial charge in [-0.25, -0.2) is 0 Å². The number of para-hydroxylation sites is 2. The number of rotatable bonds is 6. The van der Waals surface area contributed by atoms with E-state index in [0.29, 0.717) is 18.0 Å². The maximum absolute atomic E-state index is 13.0. The number of nitrogens with zero attached hydrogens (tertiary/aromatic N) is 4. The lowest BCUT2D eigenvalue weighted by Crippen LogP contribution is -2.46. The molecule has 1 amide bonds. The van der Waals surface area contributed by atoms with E-state index in [1.165, 1.54) is 0 Å². The predicted molar refractivity (Wildman–Crippen MR) is 98.2 cm³/mol. The van der Waals surface area contributed by atoms with Crippen LogP contribution in [-0.2, 0) is 17.9 Å². The van der Waals surface area contributed by atoms with Crippen molar-refractivity contribution in [1.29, 1.82) is 0 Å². The van der Waals surface area contributed by atoms with Gasteiger partial charge in [0.25, 0.3) is 5.91 Å². The number of hydrogen-bond acceptors (Lipinski definition) is 5. The molecule has 2 heterocycles. The minimum Gasteiger partial charge on any atom is -0.493 e. The second-order valence-corrected chi connectivity index (χ2v) is 6.71. The van der Waals surface area contributed by atoms with Crippen LogP contribution in [0.4, 0.5) is 0 Å². The first-order chi connectivity index (χ1) is 12.6. The molecule has 7 heteroatoms. The SMILES string of the molecule is COc1ccccc1OCC(=O)N1Cc2ccnn2CC[C@H]1CN(C)C. The number of likely N-dealkylation sites (N-methyl/N-ethyl adjacent to an activating group) is 1. The van der Waals surface area contributed by atoms with E-state index in [-0.39, 0.29) is 18.6 Å². The summed E-state index contributed by atoms with van der Waals surface area (Å²) >= 11 is 0. The van der Waals surface area contributed by atoms with Crippen LogP contribution in [0.25, 0.3) is 0 Å². The minimum absolute atomic E-state index is 0.0154. The standard InChI is InChI=1S/C19H26N4O3/c1-21(2)12-15-9-11-23-16(8-10-20-23)13-22(15)19(24)14-26-18-7-5-4-6-17(18)25-3/h4-8,10,15H,9,11-14H2,1-3H3/t15-/m0/s1. The van der Waals surface area contributed by atoms with Crippen LogP contribution in [0.15, 0.2) is 36.5 Å². The van der Waals surface area contributed by atoms with Crippen LogP contribution < -0.4 is 9.47 Å². The van der Waals surface area contributed by atoms with Crippen molar-refractivity contribution in [3.05, 3.63) is 42.2 Å². The fourth-order valence-corrected chi connectivity index (χ4v) is 3.29. The third-order valence-corrected chi connectivity index (χ3v) is 4.57. The Bertz CT molecular complexity index is 744. The van der Waals surface area contributed by atoms with Crippen molar-refractivity contribution in [2.75, 3.05) is 34.4 Å². The Hall–Kier alpha value is -2.54. The molecule has 1 atom stereocenters. The van der Waals surface area contributed by atoms with Gasteiger partial charge in [0.1, 0.15) is 0 Å². The number of carbonyl (C=O) groups is 1. The Labute approximate surface area is 154 Å². The van der Waals surface area contributed by atoms with Crippen LogP contribution in [0.5, 0.6) is 11.5 Å². The van der Waals surface area contributed by atoms with Crippen LogP contribution in [0.1, 0.15) is 12.1 Å². The Morgan fingerprint density at radius 1 is 1.27 bits per heavy atom. The summed E-state index contributed by atoms with van der Waals surface area (Å²) in [7, 11) is 5.64. The van der Waals surface area contributed by atoms with Gasteiger partial charge in [-0.1, -0.05) is 12.1 Å². The zero-order valence-electron chi connectivity index (χ0n) is 15.6. The van der Waals surface area contributed by atoms with Crippen LogP contribution in [0.2, 0.25) is 0 Å². The molecular weight excluding hydrogens is 332 g/mol. The highest BCUT2D eigenvalue weighted by atomic mass is 16.5. The zero-order valence-corrected chi connectivity index (χ0v) is 15.6. The maximum atomic E-state index is 13.0. The van der Waals surface area contributed by atoms with E-state index in [1.54, 1.807) is 19.4 Å². The minimum atomic E-state index is -0.0302. The molecule has 1 aromatic heterocycles. The van der Waals surface area contributed by atoms with E-state index in [2.05, 4.69) is 10.00 Å². The van der Waals surface area contributed by atoms with Crippen LogP contribution >= 0.6 is 0 Å². The number of methoxy groups -OCH3 is 1. The van der Waals surface area contributed by atoms with E-state index < -0.39 is 0 Å². The quantitative estimate of drug-likeness (QED) is 0.786.